The van der Waals surface area contributed by atoms with Crippen LogP contribution in [0.5, 0.6) is 0 Å². The molecule has 0 saturated carbocycles. The van der Waals surface area contributed by atoms with Crippen LogP contribution in [0.25, 0.3) is 0 Å². The predicted octanol–water partition coefficient (Wildman–Crippen LogP) is 1.25. The number of rotatable bonds is 3. The number of hydrogen-bond acceptors (Lipinski definition) is 5. The molecule has 1 aromatic carbocycles. The Kier molecular flexibility index (Phi) is 3.66. The zero-order valence-corrected chi connectivity index (χ0v) is 10.2. The molecule has 102 valence electrons. The molecular weight excluding hydrogens is 252 g/mol. The monoisotopic (exact) mass is 266 g/mol. The number of carboxylic acids is 1. The summed E-state index contributed by atoms with van der Waals surface area (Å²) in [5.41, 5.74) is -0.392. The first kappa shape index (κ1) is 13.3. The second-order valence-corrected chi connectivity index (χ2v) is 4.45. The van der Waals surface area contributed by atoms with Crippen molar-refractivity contribution in [3.8, 4) is 0 Å². The molecule has 1 aliphatic rings. The number of carbonyl (C=O) groups is 1. The van der Waals surface area contributed by atoms with Crippen LogP contribution in [-0.2, 0) is 0 Å². The molecule has 1 aliphatic heterocycles. The van der Waals surface area contributed by atoms with E-state index in [2.05, 4.69) is 0 Å². The number of para-hydroxylation sites is 1. The van der Waals surface area contributed by atoms with E-state index >= 15 is 0 Å². The molecule has 0 amide bonds. The average Bonchev–Trinajstić information content (AvgIpc) is 2.38. The molecule has 0 unspecified atom stereocenters. The Morgan fingerprint density at radius 3 is 2.53 bits per heavy atom. The van der Waals surface area contributed by atoms with Crippen LogP contribution in [0, 0.1) is 10.1 Å². The van der Waals surface area contributed by atoms with E-state index < -0.39 is 17.0 Å². The van der Waals surface area contributed by atoms with Gasteiger partial charge in [0.15, 0.2) is 0 Å². The molecule has 7 nitrogen and oxygen atoms in total. The summed E-state index contributed by atoms with van der Waals surface area (Å²) in [4.78, 5) is 23.3. The summed E-state index contributed by atoms with van der Waals surface area (Å²) in [5, 5.41) is 29.6. The molecule has 0 aromatic heterocycles. The third kappa shape index (κ3) is 2.65. The average molecular weight is 266 g/mol. The molecule has 1 fully saturated rings. The largest absolute Gasteiger partial charge is 0.477 e. The van der Waals surface area contributed by atoms with Gasteiger partial charge in [-0.1, -0.05) is 6.07 Å². The highest BCUT2D eigenvalue weighted by Gasteiger charge is 2.29. The number of piperidine rings is 1. The van der Waals surface area contributed by atoms with Crippen molar-refractivity contribution in [1.29, 1.82) is 0 Å². The first-order valence-electron chi connectivity index (χ1n) is 5.94. The maximum atomic E-state index is 11.1. The van der Waals surface area contributed by atoms with Gasteiger partial charge in [-0.3, -0.25) is 10.1 Å². The number of carboxylic acid groups (broad SMARTS) is 1. The molecular formula is C12H14N2O5. The highest BCUT2D eigenvalue weighted by atomic mass is 16.6. The zero-order chi connectivity index (χ0) is 14.0. The molecule has 2 rings (SSSR count). The Morgan fingerprint density at radius 1 is 1.37 bits per heavy atom. The van der Waals surface area contributed by atoms with Gasteiger partial charge in [-0.25, -0.2) is 4.79 Å². The lowest BCUT2D eigenvalue weighted by atomic mass is 10.1. The number of aliphatic hydroxyl groups excluding tert-OH is 1. The van der Waals surface area contributed by atoms with Crippen LogP contribution in [0.3, 0.4) is 0 Å². The number of nitrogens with zero attached hydrogens (tertiary/aromatic N) is 2. The van der Waals surface area contributed by atoms with Gasteiger partial charge in [-0.05, 0) is 25.0 Å². The molecule has 1 saturated heterocycles. The molecule has 1 heterocycles. The maximum absolute atomic E-state index is 11.1. The number of anilines is 1. The van der Waals surface area contributed by atoms with Gasteiger partial charge >= 0.3 is 11.7 Å². The van der Waals surface area contributed by atoms with E-state index in [-0.39, 0.29) is 11.3 Å². The van der Waals surface area contributed by atoms with Crippen molar-refractivity contribution in [3.05, 3.63) is 33.9 Å². The molecule has 0 atom stereocenters. The standard InChI is InChI=1S/C12H14N2O5/c15-8-4-6-13(7-5-8)10-3-1-2-9(12(16)17)11(10)14(18)19/h1-3,8,15H,4-7H2,(H,16,17). The second-order valence-electron chi connectivity index (χ2n) is 4.45. The fraction of sp³-hybridized carbons (Fsp3) is 0.417. The number of benzene rings is 1. The van der Waals surface area contributed by atoms with E-state index in [0.717, 1.165) is 0 Å². The van der Waals surface area contributed by atoms with E-state index in [0.29, 0.717) is 31.6 Å². The van der Waals surface area contributed by atoms with E-state index in [1.54, 1.807) is 11.0 Å². The van der Waals surface area contributed by atoms with E-state index in [4.69, 9.17) is 5.11 Å². The number of nitro groups is 1. The summed E-state index contributed by atoms with van der Waals surface area (Å²) in [6.07, 6.45) is 0.654. The van der Waals surface area contributed by atoms with Crippen LogP contribution >= 0.6 is 0 Å². The summed E-state index contributed by atoms with van der Waals surface area (Å²) < 4.78 is 0. The summed E-state index contributed by atoms with van der Waals surface area (Å²) in [7, 11) is 0. The van der Waals surface area contributed by atoms with Gasteiger partial charge < -0.3 is 15.1 Å². The van der Waals surface area contributed by atoms with Gasteiger partial charge in [-0.2, -0.15) is 0 Å². The van der Waals surface area contributed by atoms with Gasteiger partial charge in [-0.15, -0.1) is 0 Å². The predicted molar refractivity (Wildman–Crippen MR) is 67.5 cm³/mol. The quantitative estimate of drug-likeness (QED) is 0.630. The fourth-order valence-electron chi connectivity index (χ4n) is 2.26. The lowest BCUT2D eigenvalue weighted by molar-refractivity contribution is -0.384. The van der Waals surface area contributed by atoms with Crippen molar-refractivity contribution in [2.45, 2.75) is 18.9 Å². The molecule has 0 bridgehead atoms. The highest BCUT2D eigenvalue weighted by molar-refractivity contribution is 5.95. The lowest BCUT2D eigenvalue weighted by Gasteiger charge is -2.31. The van der Waals surface area contributed by atoms with Crippen molar-refractivity contribution in [3.63, 3.8) is 0 Å². The number of nitro benzene ring substituents is 1. The molecule has 1 aromatic rings. The Hall–Kier alpha value is -2.15. The zero-order valence-electron chi connectivity index (χ0n) is 10.2. The van der Waals surface area contributed by atoms with E-state index in [1.165, 1.54) is 12.1 Å². The molecule has 19 heavy (non-hydrogen) atoms. The van der Waals surface area contributed by atoms with Gasteiger partial charge in [0.1, 0.15) is 11.3 Å². The highest BCUT2D eigenvalue weighted by Crippen LogP contribution is 2.33. The fourth-order valence-corrected chi connectivity index (χ4v) is 2.26. The summed E-state index contributed by atoms with van der Waals surface area (Å²) >= 11 is 0. The minimum atomic E-state index is -1.31. The topological polar surface area (TPSA) is 104 Å². The van der Waals surface area contributed by atoms with Crippen LogP contribution < -0.4 is 4.90 Å². The summed E-state index contributed by atoms with van der Waals surface area (Å²) in [5.74, 6) is -1.31. The van der Waals surface area contributed by atoms with Crippen molar-refractivity contribution in [2.24, 2.45) is 0 Å². The molecule has 2 N–H and O–H groups in total. The summed E-state index contributed by atoms with van der Waals surface area (Å²) in [6.45, 7) is 0.955. The molecule has 0 aliphatic carbocycles. The van der Waals surface area contributed by atoms with Crippen LogP contribution in [0.2, 0.25) is 0 Å². The van der Waals surface area contributed by atoms with Crippen LogP contribution in [0.1, 0.15) is 23.2 Å². The number of aromatic carboxylic acids is 1. The van der Waals surface area contributed by atoms with Crippen molar-refractivity contribution >= 4 is 17.3 Å². The Labute approximate surface area is 109 Å². The van der Waals surface area contributed by atoms with E-state index in [1.807, 2.05) is 0 Å². The third-order valence-electron chi connectivity index (χ3n) is 3.23. The first-order chi connectivity index (χ1) is 9.00. The molecule has 0 spiro atoms. The third-order valence-corrected chi connectivity index (χ3v) is 3.23. The van der Waals surface area contributed by atoms with Gasteiger partial charge in [0.05, 0.1) is 11.0 Å². The van der Waals surface area contributed by atoms with Crippen molar-refractivity contribution < 1.29 is 19.9 Å². The minimum Gasteiger partial charge on any atom is -0.477 e. The smallest absolute Gasteiger partial charge is 0.342 e. The second kappa shape index (κ2) is 5.23. The van der Waals surface area contributed by atoms with Gasteiger partial charge in [0.2, 0.25) is 0 Å². The minimum absolute atomic E-state index is 0.303. The van der Waals surface area contributed by atoms with Crippen LogP contribution in [0.4, 0.5) is 11.4 Å². The first-order valence-corrected chi connectivity index (χ1v) is 5.94. The Morgan fingerprint density at radius 2 is 2.00 bits per heavy atom. The van der Waals surface area contributed by atoms with Crippen molar-refractivity contribution in [1.82, 2.24) is 0 Å². The van der Waals surface area contributed by atoms with Crippen LogP contribution in [-0.4, -0.2) is 40.3 Å². The SMILES string of the molecule is O=C(O)c1cccc(N2CCC(O)CC2)c1[N+](=O)[O-]. The van der Waals surface area contributed by atoms with Gasteiger partial charge in [0, 0.05) is 13.1 Å². The maximum Gasteiger partial charge on any atom is 0.342 e. The van der Waals surface area contributed by atoms with E-state index in [9.17, 15) is 20.0 Å². The van der Waals surface area contributed by atoms with Gasteiger partial charge in [0.25, 0.3) is 0 Å². The number of aliphatic hydroxyl groups is 1. The van der Waals surface area contributed by atoms with Crippen LogP contribution in [0.15, 0.2) is 18.2 Å². The Bertz CT molecular complexity index is 509. The molecule has 7 heteroatoms. The lowest BCUT2D eigenvalue weighted by Crippen LogP contribution is -2.36. The normalized spacial score (nSPS) is 16.4. The van der Waals surface area contributed by atoms with Crippen molar-refractivity contribution in [2.75, 3.05) is 18.0 Å². The molecule has 0 radical (unpaired) electrons. The number of hydrogen-bond donors (Lipinski definition) is 2. The summed E-state index contributed by atoms with van der Waals surface area (Å²) in [6, 6.07) is 4.27. The Balaban J connectivity index is 2.42.